The summed E-state index contributed by atoms with van der Waals surface area (Å²) in [4.78, 5) is 43.5. The van der Waals surface area contributed by atoms with Crippen molar-refractivity contribution in [2.75, 3.05) is 30.4 Å². The maximum atomic E-state index is 14.6. The van der Waals surface area contributed by atoms with Gasteiger partial charge in [-0.25, -0.2) is 19.2 Å². The molecular weight excluding hydrogens is 529 g/mol. The number of nitrogens with one attached hydrogen (secondary N) is 1. The average Bonchev–Trinajstić information content (AvgIpc) is 3.42. The molecule has 2 aliphatic rings. The Morgan fingerprint density at radius 1 is 1.10 bits per heavy atom. The van der Waals surface area contributed by atoms with Gasteiger partial charge in [-0.3, -0.25) is 9.69 Å². The van der Waals surface area contributed by atoms with Gasteiger partial charge < -0.3 is 24.1 Å². The van der Waals surface area contributed by atoms with E-state index in [0.29, 0.717) is 35.2 Å². The zero-order chi connectivity index (χ0) is 29.1. The lowest BCUT2D eigenvalue weighted by Crippen LogP contribution is -2.56. The van der Waals surface area contributed by atoms with Crippen LogP contribution in [0.25, 0.3) is 16.6 Å². The number of nitrogens with zero attached hydrogens (tertiary/aromatic N) is 6. The molecule has 11 nitrogen and oxygen atoms in total. The van der Waals surface area contributed by atoms with Gasteiger partial charge in [0.05, 0.1) is 41.7 Å². The number of hydrogen-bond acceptors (Lipinski definition) is 8. The number of ether oxygens (including phenoxy) is 2. The number of piperazine rings is 1. The molecule has 4 aromatic rings. The van der Waals surface area contributed by atoms with Crippen molar-refractivity contribution in [3.05, 3.63) is 53.9 Å². The highest BCUT2D eigenvalue weighted by atomic mass is 19.1. The van der Waals surface area contributed by atoms with E-state index in [1.807, 2.05) is 31.7 Å². The number of carbonyl (C=O) groups excluding carboxylic acids is 2. The highest BCUT2D eigenvalue weighted by Gasteiger charge is 2.44. The third kappa shape index (κ3) is 4.98. The largest absolute Gasteiger partial charge is 0.467 e. The summed E-state index contributed by atoms with van der Waals surface area (Å²) < 4.78 is 27.1. The molecule has 0 saturated carbocycles. The molecule has 1 N–H and O–H groups in total. The van der Waals surface area contributed by atoms with Crippen molar-refractivity contribution in [1.82, 2.24) is 24.3 Å². The monoisotopic (exact) mass is 561 g/mol. The lowest BCUT2D eigenvalue weighted by atomic mass is 10.1. The summed E-state index contributed by atoms with van der Waals surface area (Å²) in [6, 6.07) is 4.97. The maximum absolute atomic E-state index is 14.6. The van der Waals surface area contributed by atoms with Crippen molar-refractivity contribution in [3.8, 4) is 6.01 Å². The van der Waals surface area contributed by atoms with Crippen LogP contribution in [-0.4, -0.2) is 74.1 Å². The van der Waals surface area contributed by atoms with Crippen LogP contribution in [0.1, 0.15) is 49.7 Å². The number of hydrogen-bond donors (Lipinski definition) is 1. The summed E-state index contributed by atoms with van der Waals surface area (Å²) >= 11 is 0. The van der Waals surface area contributed by atoms with Gasteiger partial charge in [0, 0.05) is 48.8 Å². The zero-order valence-electron chi connectivity index (χ0n) is 23.6. The predicted molar refractivity (Wildman–Crippen MR) is 151 cm³/mol. The second-order valence-electron chi connectivity index (χ2n) is 11.6. The van der Waals surface area contributed by atoms with Crippen LogP contribution >= 0.6 is 0 Å². The normalized spacial score (nSPS) is 18.7. The van der Waals surface area contributed by atoms with Gasteiger partial charge in [0.15, 0.2) is 11.5 Å². The fraction of sp³-hybridized carbons (Fsp3) is 0.414. The van der Waals surface area contributed by atoms with Crippen molar-refractivity contribution < 1.29 is 23.5 Å². The molecule has 0 spiro atoms. The van der Waals surface area contributed by atoms with Crippen molar-refractivity contribution >= 4 is 39.9 Å². The zero-order valence-corrected chi connectivity index (χ0v) is 23.6. The Kier molecular flexibility index (Phi) is 6.43. The van der Waals surface area contributed by atoms with Gasteiger partial charge in [-0.2, -0.15) is 4.98 Å². The van der Waals surface area contributed by atoms with E-state index in [0.717, 1.165) is 18.5 Å². The van der Waals surface area contributed by atoms with Crippen LogP contribution in [0.4, 0.5) is 20.6 Å². The third-order valence-corrected chi connectivity index (χ3v) is 7.44. The number of halogens is 1. The molecule has 41 heavy (non-hydrogen) atoms. The van der Waals surface area contributed by atoms with Crippen LogP contribution in [-0.2, 0) is 4.74 Å². The lowest BCUT2D eigenvalue weighted by Gasteiger charge is -2.42. The SMILES string of the molecule is COc1ncc2c(N3CC4CCC(C3)N4C(=O)OC(C)(C)C)ccc(C(=O)Nc3cc(F)c4nc(C)cn4c3)c2n1. The molecule has 2 bridgehead atoms. The number of aromatic nitrogens is 4. The molecule has 6 rings (SSSR count). The lowest BCUT2D eigenvalue weighted by molar-refractivity contribution is 0.0123. The summed E-state index contributed by atoms with van der Waals surface area (Å²) in [5, 5.41) is 3.47. The van der Waals surface area contributed by atoms with E-state index in [1.165, 1.54) is 17.6 Å². The Balaban J connectivity index is 1.31. The van der Waals surface area contributed by atoms with Crippen LogP contribution in [0.2, 0.25) is 0 Å². The Labute approximate surface area is 236 Å². The van der Waals surface area contributed by atoms with E-state index in [1.54, 1.807) is 31.6 Å². The summed E-state index contributed by atoms with van der Waals surface area (Å²) in [5.74, 6) is -0.993. The van der Waals surface area contributed by atoms with E-state index >= 15 is 0 Å². The number of imidazole rings is 1. The van der Waals surface area contributed by atoms with Crippen molar-refractivity contribution in [2.45, 2.75) is 58.2 Å². The summed E-state index contributed by atoms with van der Waals surface area (Å²) in [6.45, 7) is 8.62. The molecule has 2 unspecified atom stereocenters. The van der Waals surface area contributed by atoms with Crippen LogP contribution in [0.3, 0.4) is 0 Å². The highest BCUT2D eigenvalue weighted by molar-refractivity contribution is 6.13. The molecule has 12 heteroatoms. The molecule has 0 radical (unpaired) electrons. The van der Waals surface area contributed by atoms with Crippen molar-refractivity contribution in [1.29, 1.82) is 0 Å². The molecule has 2 amide bonds. The van der Waals surface area contributed by atoms with Gasteiger partial charge in [-0.15, -0.1) is 0 Å². The Bertz CT molecular complexity index is 1670. The fourth-order valence-electron chi connectivity index (χ4n) is 5.81. The molecule has 2 atom stereocenters. The minimum Gasteiger partial charge on any atom is -0.467 e. The van der Waals surface area contributed by atoms with Crippen LogP contribution in [0.5, 0.6) is 6.01 Å². The van der Waals surface area contributed by atoms with Crippen LogP contribution < -0.4 is 15.0 Å². The number of amides is 2. The van der Waals surface area contributed by atoms with Gasteiger partial charge >= 0.3 is 12.1 Å². The molecular formula is C29H32FN7O4. The average molecular weight is 562 g/mol. The minimum absolute atomic E-state index is 0.0115. The second-order valence-corrected chi connectivity index (χ2v) is 11.6. The summed E-state index contributed by atoms with van der Waals surface area (Å²) in [5.41, 5.74) is 2.14. The Hall–Kier alpha value is -4.48. The smallest absolute Gasteiger partial charge is 0.410 e. The van der Waals surface area contributed by atoms with Crippen molar-refractivity contribution in [3.63, 3.8) is 0 Å². The summed E-state index contributed by atoms with van der Waals surface area (Å²) in [7, 11) is 1.46. The van der Waals surface area contributed by atoms with E-state index < -0.39 is 17.3 Å². The molecule has 2 saturated heterocycles. The molecule has 5 heterocycles. The Morgan fingerprint density at radius 2 is 1.83 bits per heavy atom. The number of benzene rings is 1. The van der Waals surface area contributed by atoms with Gasteiger partial charge in [-0.1, -0.05) is 0 Å². The van der Waals surface area contributed by atoms with Gasteiger partial charge in [0.1, 0.15) is 5.60 Å². The number of aryl methyl sites for hydroxylation is 1. The number of methoxy groups -OCH3 is 1. The molecule has 2 aliphatic heterocycles. The molecule has 0 aliphatic carbocycles. The number of carbonyl (C=O) groups is 2. The van der Waals surface area contributed by atoms with E-state index in [9.17, 15) is 14.0 Å². The molecule has 214 valence electrons. The van der Waals surface area contributed by atoms with Crippen LogP contribution in [0, 0.1) is 12.7 Å². The van der Waals surface area contributed by atoms with Gasteiger partial charge in [0.2, 0.25) is 0 Å². The van der Waals surface area contributed by atoms with Gasteiger partial charge in [-0.05, 0) is 52.7 Å². The second kappa shape index (κ2) is 9.86. The predicted octanol–water partition coefficient (Wildman–Crippen LogP) is 4.57. The van der Waals surface area contributed by atoms with E-state index in [-0.39, 0.29) is 35.5 Å². The molecule has 1 aromatic carbocycles. The highest BCUT2D eigenvalue weighted by Crippen LogP contribution is 2.37. The van der Waals surface area contributed by atoms with Crippen molar-refractivity contribution in [2.24, 2.45) is 0 Å². The summed E-state index contributed by atoms with van der Waals surface area (Å²) in [6.07, 6.45) is 6.44. The maximum Gasteiger partial charge on any atom is 0.410 e. The first kappa shape index (κ1) is 26.7. The third-order valence-electron chi connectivity index (χ3n) is 7.44. The first-order valence-corrected chi connectivity index (χ1v) is 13.6. The molecule has 3 aromatic heterocycles. The topological polar surface area (TPSA) is 114 Å². The first-order valence-electron chi connectivity index (χ1n) is 13.6. The Morgan fingerprint density at radius 3 is 2.51 bits per heavy atom. The first-order chi connectivity index (χ1) is 19.5. The van der Waals surface area contributed by atoms with E-state index in [4.69, 9.17) is 9.47 Å². The molecule has 2 fully saturated rings. The number of anilines is 2. The number of rotatable bonds is 4. The number of pyridine rings is 1. The number of fused-ring (bicyclic) bond motifs is 4. The fourth-order valence-corrected chi connectivity index (χ4v) is 5.81. The standard InChI is InChI=1S/C29H32FN7O4/c1-16-12-36-13-17(10-22(30)25(36)32-16)33-26(38)20-8-9-23(21-11-31-27(40-5)34-24(20)21)35-14-18-6-7-19(15-35)37(18)28(39)41-29(2,3)4/h8-13,18-19H,6-7,14-15H2,1-5H3,(H,33,38). The quantitative estimate of drug-likeness (QED) is 0.385. The van der Waals surface area contributed by atoms with Gasteiger partial charge in [0.25, 0.3) is 5.91 Å². The van der Waals surface area contributed by atoms with E-state index in [2.05, 4.69) is 25.2 Å². The van der Waals surface area contributed by atoms with Crippen LogP contribution in [0.15, 0.2) is 36.8 Å². The minimum atomic E-state index is -0.564.